The van der Waals surface area contributed by atoms with Gasteiger partial charge in [-0.2, -0.15) is 11.3 Å². The van der Waals surface area contributed by atoms with Crippen molar-refractivity contribution in [3.05, 3.63) is 57.8 Å². The van der Waals surface area contributed by atoms with Crippen LogP contribution in [0.2, 0.25) is 0 Å². The molecule has 1 heterocycles. The maximum Gasteiger partial charge on any atom is 0.315 e. The molecule has 0 aliphatic heterocycles. The summed E-state index contributed by atoms with van der Waals surface area (Å²) in [5, 5.41) is 19.7. The predicted octanol–water partition coefficient (Wildman–Crippen LogP) is 3.40. The zero-order valence-corrected chi connectivity index (χ0v) is 14.0. The Kier molecular flexibility index (Phi) is 4.98. The molecule has 0 saturated heterocycles. The Labute approximate surface area is 140 Å². The van der Waals surface area contributed by atoms with Crippen LogP contribution in [0.25, 0.3) is 0 Å². The molecule has 4 nitrogen and oxygen atoms in total. The smallest absolute Gasteiger partial charge is 0.315 e. The Bertz CT molecular complexity index is 657. The zero-order chi connectivity index (χ0) is 16.2. The topological polar surface area (TPSA) is 61.4 Å². The normalized spacial score (nSPS) is 21.3. The van der Waals surface area contributed by atoms with Crippen LogP contribution in [0.1, 0.15) is 42.2 Å². The first-order chi connectivity index (χ1) is 11.1. The number of hydrogen-bond acceptors (Lipinski definition) is 3. The standard InChI is InChI=1S/C18H22N2O2S/c1-12-6-7-13-4-2-3-5-15(13)17(12)20-18(22)19-10-16(21)14-8-9-23-11-14/h2-5,8-9,11-12,16-17,21H,6-7,10H2,1H3,(H2,19,20,22). The van der Waals surface area contributed by atoms with Gasteiger partial charge in [0.1, 0.15) is 0 Å². The third-order valence-electron chi connectivity index (χ3n) is 4.50. The lowest BCUT2D eigenvalue weighted by Gasteiger charge is -2.32. The Morgan fingerprint density at radius 2 is 2.22 bits per heavy atom. The molecule has 0 fully saturated rings. The van der Waals surface area contributed by atoms with E-state index in [9.17, 15) is 9.90 Å². The fourth-order valence-corrected chi connectivity index (χ4v) is 3.81. The van der Waals surface area contributed by atoms with E-state index in [1.165, 1.54) is 22.5 Å². The number of thiophene rings is 1. The summed E-state index contributed by atoms with van der Waals surface area (Å²) in [6.45, 7) is 2.38. The molecular formula is C18H22N2O2S. The van der Waals surface area contributed by atoms with Crippen molar-refractivity contribution in [1.29, 1.82) is 0 Å². The minimum atomic E-state index is -0.664. The van der Waals surface area contributed by atoms with Crippen LogP contribution >= 0.6 is 11.3 Å². The summed E-state index contributed by atoms with van der Waals surface area (Å²) in [6.07, 6.45) is 1.47. The van der Waals surface area contributed by atoms with Crippen LogP contribution in [0.15, 0.2) is 41.1 Å². The van der Waals surface area contributed by atoms with Gasteiger partial charge in [-0.25, -0.2) is 4.79 Å². The molecule has 0 bridgehead atoms. The van der Waals surface area contributed by atoms with Gasteiger partial charge in [0.15, 0.2) is 0 Å². The average Bonchev–Trinajstić information content (AvgIpc) is 3.10. The number of rotatable bonds is 4. The number of benzene rings is 1. The first-order valence-corrected chi connectivity index (χ1v) is 8.91. The number of hydrogen-bond donors (Lipinski definition) is 3. The van der Waals surface area contributed by atoms with Crippen LogP contribution in [0.5, 0.6) is 0 Å². The van der Waals surface area contributed by atoms with E-state index >= 15 is 0 Å². The minimum absolute atomic E-state index is 0.0261. The number of amides is 2. The highest BCUT2D eigenvalue weighted by Gasteiger charge is 2.27. The van der Waals surface area contributed by atoms with E-state index in [4.69, 9.17) is 0 Å². The van der Waals surface area contributed by atoms with Crippen molar-refractivity contribution in [1.82, 2.24) is 10.6 Å². The highest BCUT2D eigenvalue weighted by atomic mass is 32.1. The average molecular weight is 330 g/mol. The fraction of sp³-hybridized carbons (Fsp3) is 0.389. The van der Waals surface area contributed by atoms with Gasteiger partial charge in [0, 0.05) is 6.54 Å². The number of nitrogens with one attached hydrogen (secondary N) is 2. The van der Waals surface area contributed by atoms with Crippen molar-refractivity contribution in [3.8, 4) is 0 Å². The molecule has 23 heavy (non-hydrogen) atoms. The summed E-state index contributed by atoms with van der Waals surface area (Å²) in [4.78, 5) is 12.2. The van der Waals surface area contributed by atoms with Crippen LogP contribution < -0.4 is 10.6 Å². The summed E-state index contributed by atoms with van der Waals surface area (Å²) in [5.41, 5.74) is 3.36. The van der Waals surface area contributed by atoms with Crippen LogP contribution in [-0.4, -0.2) is 17.7 Å². The van der Waals surface area contributed by atoms with E-state index < -0.39 is 6.10 Å². The maximum atomic E-state index is 12.2. The Balaban J connectivity index is 1.59. The first kappa shape index (κ1) is 16.0. The predicted molar refractivity (Wildman–Crippen MR) is 92.5 cm³/mol. The first-order valence-electron chi connectivity index (χ1n) is 7.97. The largest absolute Gasteiger partial charge is 0.387 e. The SMILES string of the molecule is CC1CCc2ccccc2C1NC(=O)NCC(O)c1ccsc1. The van der Waals surface area contributed by atoms with Gasteiger partial charge in [-0.05, 0) is 52.3 Å². The maximum absolute atomic E-state index is 12.2. The number of urea groups is 1. The highest BCUT2D eigenvalue weighted by molar-refractivity contribution is 7.07. The number of aryl methyl sites for hydroxylation is 1. The van der Waals surface area contributed by atoms with E-state index in [-0.39, 0.29) is 18.6 Å². The van der Waals surface area contributed by atoms with Crippen LogP contribution in [0, 0.1) is 5.92 Å². The Morgan fingerprint density at radius 3 is 3.00 bits per heavy atom. The second kappa shape index (κ2) is 7.15. The number of carbonyl (C=O) groups is 1. The summed E-state index contributed by atoms with van der Waals surface area (Å²) in [5.74, 6) is 0.400. The summed E-state index contributed by atoms with van der Waals surface area (Å²) < 4.78 is 0. The van der Waals surface area contributed by atoms with Gasteiger partial charge in [0.25, 0.3) is 0 Å². The molecule has 0 saturated carbocycles. The van der Waals surface area contributed by atoms with E-state index in [1.807, 2.05) is 29.0 Å². The number of aliphatic hydroxyl groups is 1. The van der Waals surface area contributed by atoms with Crippen molar-refractivity contribution in [3.63, 3.8) is 0 Å². The molecule has 1 aliphatic carbocycles. The Hall–Kier alpha value is -1.85. The second-order valence-corrected chi connectivity index (χ2v) is 6.90. The van der Waals surface area contributed by atoms with Gasteiger partial charge >= 0.3 is 6.03 Å². The Morgan fingerprint density at radius 1 is 1.39 bits per heavy atom. The van der Waals surface area contributed by atoms with Crippen LogP contribution in [-0.2, 0) is 6.42 Å². The van der Waals surface area contributed by atoms with Gasteiger partial charge in [-0.3, -0.25) is 0 Å². The van der Waals surface area contributed by atoms with Crippen LogP contribution in [0.4, 0.5) is 4.79 Å². The van der Waals surface area contributed by atoms with Crippen molar-refractivity contribution >= 4 is 17.4 Å². The third-order valence-corrected chi connectivity index (χ3v) is 5.20. The number of fused-ring (bicyclic) bond motifs is 1. The quantitative estimate of drug-likeness (QED) is 0.804. The molecule has 1 aromatic heterocycles. The van der Waals surface area contributed by atoms with E-state index in [0.717, 1.165) is 18.4 Å². The van der Waals surface area contributed by atoms with Crippen LogP contribution in [0.3, 0.4) is 0 Å². The minimum Gasteiger partial charge on any atom is -0.387 e. The lowest BCUT2D eigenvalue weighted by atomic mass is 9.81. The number of aliphatic hydroxyl groups excluding tert-OH is 1. The second-order valence-electron chi connectivity index (χ2n) is 6.12. The molecule has 3 rings (SSSR count). The molecule has 122 valence electrons. The summed E-state index contributed by atoms with van der Waals surface area (Å²) in [7, 11) is 0. The van der Waals surface area contributed by atoms with Gasteiger partial charge in [0.05, 0.1) is 12.1 Å². The molecule has 5 heteroatoms. The molecule has 2 aromatic rings. The highest BCUT2D eigenvalue weighted by Crippen LogP contribution is 2.33. The molecule has 0 spiro atoms. The van der Waals surface area contributed by atoms with Gasteiger partial charge in [-0.15, -0.1) is 0 Å². The van der Waals surface area contributed by atoms with Crippen molar-refractivity contribution in [2.75, 3.05) is 6.54 Å². The molecule has 2 amide bonds. The molecule has 1 aromatic carbocycles. The van der Waals surface area contributed by atoms with Crippen molar-refractivity contribution < 1.29 is 9.90 Å². The fourth-order valence-electron chi connectivity index (χ4n) is 3.11. The van der Waals surface area contributed by atoms with E-state index in [0.29, 0.717) is 5.92 Å². The lowest BCUT2D eigenvalue weighted by Crippen LogP contribution is -2.42. The summed E-state index contributed by atoms with van der Waals surface area (Å²) >= 11 is 1.53. The monoisotopic (exact) mass is 330 g/mol. The van der Waals surface area contributed by atoms with Gasteiger partial charge in [0.2, 0.25) is 0 Å². The number of carbonyl (C=O) groups excluding carboxylic acids is 1. The molecule has 3 N–H and O–H groups in total. The molecule has 0 radical (unpaired) electrons. The molecule has 3 unspecified atom stereocenters. The van der Waals surface area contributed by atoms with Crippen molar-refractivity contribution in [2.45, 2.75) is 31.9 Å². The van der Waals surface area contributed by atoms with Crippen molar-refractivity contribution in [2.24, 2.45) is 5.92 Å². The van der Waals surface area contributed by atoms with Gasteiger partial charge < -0.3 is 15.7 Å². The zero-order valence-electron chi connectivity index (χ0n) is 13.2. The summed E-state index contributed by atoms with van der Waals surface area (Å²) in [6, 6.07) is 9.96. The molecule has 1 aliphatic rings. The lowest BCUT2D eigenvalue weighted by molar-refractivity contribution is 0.172. The third kappa shape index (κ3) is 3.74. The van der Waals surface area contributed by atoms with Gasteiger partial charge in [-0.1, -0.05) is 31.2 Å². The molecule has 3 atom stereocenters. The van der Waals surface area contributed by atoms with E-state index in [2.05, 4.69) is 29.7 Å². The molecular weight excluding hydrogens is 308 g/mol. The van der Waals surface area contributed by atoms with E-state index in [1.54, 1.807) is 0 Å².